The first-order valence-corrected chi connectivity index (χ1v) is 15.9. The number of nitrogens with zero attached hydrogens (tertiary/aromatic N) is 4. The molecule has 8 nitrogen and oxygen atoms in total. The number of carbonyl (C=O) groups excluding carboxylic acids is 1. The van der Waals surface area contributed by atoms with Gasteiger partial charge in [-0.15, -0.1) is 0 Å². The van der Waals surface area contributed by atoms with E-state index in [1.54, 1.807) is 7.11 Å². The summed E-state index contributed by atoms with van der Waals surface area (Å²) in [7, 11) is 1.61. The molecule has 2 atom stereocenters. The summed E-state index contributed by atoms with van der Waals surface area (Å²) < 4.78 is 8.08. The molecular weight excluding hydrogens is 581 g/mol. The maximum Gasteiger partial charge on any atom is 0.229 e. The molecule has 0 saturated carbocycles. The summed E-state index contributed by atoms with van der Waals surface area (Å²) in [6.07, 6.45) is 1.82. The lowest BCUT2D eigenvalue weighted by molar-refractivity contribution is -0.123. The Morgan fingerprint density at radius 1 is 1.02 bits per heavy atom. The van der Waals surface area contributed by atoms with Crippen LogP contribution in [0.3, 0.4) is 0 Å². The van der Waals surface area contributed by atoms with E-state index in [4.69, 9.17) is 21.9 Å². The Morgan fingerprint density at radius 3 is 2.31 bits per heavy atom. The normalized spacial score (nSPS) is 16.4. The molecule has 3 heterocycles. The molecule has 2 aromatic carbocycles. The first-order valence-electron chi connectivity index (χ1n) is 15.5. The summed E-state index contributed by atoms with van der Waals surface area (Å²) in [5, 5.41) is 7.18. The van der Waals surface area contributed by atoms with Gasteiger partial charge in [0.25, 0.3) is 0 Å². The van der Waals surface area contributed by atoms with Crippen LogP contribution in [0.2, 0.25) is 0 Å². The maximum atomic E-state index is 12.8. The van der Waals surface area contributed by atoms with Crippen LogP contribution in [0.5, 0.6) is 5.75 Å². The number of anilines is 3. The van der Waals surface area contributed by atoms with Crippen LogP contribution in [-0.4, -0.2) is 40.8 Å². The summed E-state index contributed by atoms with van der Waals surface area (Å²) in [4.78, 5) is 22.0. The van der Waals surface area contributed by atoms with Gasteiger partial charge in [-0.1, -0.05) is 26.8 Å². The lowest BCUT2D eigenvalue weighted by atomic mass is 9.95. The van der Waals surface area contributed by atoms with E-state index in [0.717, 1.165) is 47.1 Å². The highest BCUT2D eigenvalue weighted by Gasteiger charge is 2.42. The van der Waals surface area contributed by atoms with Crippen molar-refractivity contribution in [2.24, 2.45) is 5.41 Å². The van der Waals surface area contributed by atoms with Crippen molar-refractivity contribution >= 4 is 40.3 Å². The number of hydrogen-bond acceptors (Lipinski definition) is 5. The number of amides is 1. The van der Waals surface area contributed by atoms with Gasteiger partial charge in [-0.3, -0.25) is 9.78 Å². The van der Waals surface area contributed by atoms with Gasteiger partial charge in [-0.2, -0.15) is 0 Å². The third-order valence-electron chi connectivity index (χ3n) is 8.52. The van der Waals surface area contributed by atoms with Crippen LogP contribution in [0.4, 0.5) is 17.1 Å². The molecule has 4 aromatic rings. The molecule has 2 N–H and O–H groups in total. The molecule has 0 aliphatic carbocycles. The Balaban J connectivity index is 1.59. The second kappa shape index (κ2) is 12.9. The number of methoxy groups -OCH3 is 1. The molecule has 0 radical (unpaired) electrons. The Hall–Kier alpha value is -4.37. The lowest BCUT2D eigenvalue weighted by Gasteiger charge is -2.29. The quantitative estimate of drug-likeness (QED) is 0.187. The number of carbonyl (C=O) groups is 1. The van der Waals surface area contributed by atoms with Crippen LogP contribution in [0.1, 0.15) is 69.3 Å². The van der Waals surface area contributed by atoms with Crippen molar-refractivity contribution in [2.45, 2.75) is 60.5 Å². The Bertz CT molecular complexity index is 1670. The molecule has 45 heavy (non-hydrogen) atoms. The lowest BCUT2D eigenvalue weighted by Crippen LogP contribution is -2.30. The van der Waals surface area contributed by atoms with E-state index in [-0.39, 0.29) is 18.0 Å². The molecule has 236 valence electrons. The molecule has 0 bridgehead atoms. The molecular formula is C36H44N6O2S. The first-order chi connectivity index (χ1) is 21.5. The van der Waals surface area contributed by atoms with Crippen LogP contribution in [0.15, 0.2) is 72.9 Å². The average Bonchev–Trinajstić information content (AvgIpc) is 3.52. The summed E-state index contributed by atoms with van der Waals surface area (Å²) >= 11 is 6.01. The zero-order valence-electron chi connectivity index (χ0n) is 27.5. The fraction of sp³-hybridized carbons (Fsp3) is 0.361. The molecule has 0 unspecified atom stereocenters. The molecule has 1 amide bonds. The number of nitrogens with one attached hydrogen (secondary N) is 2. The van der Waals surface area contributed by atoms with Gasteiger partial charge in [0.05, 0.1) is 30.6 Å². The Morgan fingerprint density at radius 2 is 1.71 bits per heavy atom. The monoisotopic (exact) mass is 624 g/mol. The van der Waals surface area contributed by atoms with Gasteiger partial charge < -0.3 is 29.7 Å². The van der Waals surface area contributed by atoms with Gasteiger partial charge in [0.2, 0.25) is 5.91 Å². The van der Waals surface area contributed by atoms with Crippen molar-refractivity contribution in [1.82, 2.24) is 14.9 Å². The molecule has 1 aliphatic heterocycles. The fourth-order valence-electron chi connectivity index (χ4n) is 6.08. The minimum absolute atomic E-state index is 0.0856. The van der Waals surface area contributed by atoms with E-state index in [9.17, 15) is 4.79 Å². The van der Waals surface area contributed by atoms with Crippen LogP contribution in [0.25, 0.3) is 5.69 Å². The van der Waals surface area contributed by atoms with E-state index in [2.05, 4.69) is 83.0 Å². The number of pyridine rings is 1. The summed E-state index contributed by atoms with van der Waals surface area (Å²) in [6, 6.07) is 22.4. The molecule has 9 heteroatoms. The molecule has 1 saturated heterocycles. The first kappa shape index (κ1) is 32.0. The van der Waals surface area contributed by atoms with Gasteiger partial charge in [-0.05, 0) is 100 Å². The maximum absolute atomic E-state index is 12.8. The van der Waals surface area contributed by atoms with Gasteiger partial charge in [0.15, 0.2) is 5.11 Å². The number of thiocarbonyl (C=S) groups is 1. The van der Waals surface area contributed by atoms with Gasteiger partial charge in [-0.25, -0.2) is 0 Å². The van der Waals surface area contributed by atoms with Crippen molar-refractivity contribution in [3.63, 3.8) is 0 Å². The van der Waals surface area contributed by atoms with Crippen molar-refractivity contribution in [1.29, 1.82) is 0 Å². The molecule has 5 rings (SSSR count). The summed E-state index contributed by atoms with van der Waals surface area (Å²) in [6.45, 7) is 16.3. The third kappa shape index (κ3) is 6.27. The van der Waals surface area contributed by atoms with E-state index < -0.39 is 5.41 Å². The predicted octanol–water partition coefficient (Wildman–Crippen LogP) is 7.51. The summed E-state index contributed by atoms with van der Waals surface area (Å²) in [5.74, 6) is 0.476. The predicted molar refractivity (Wildman–Crippen MR) is 188 cm³/mol. The van der Waals surface area contributed by atoms with Crippen molar-refractivity contribution in [3.05, 3.63) is 95.6 Å². The molecule has 0 spiro atoms. The molecule has 1 aliphatic rings. The fourth-order valence-corrected chi connectivity index (χ4v) is 6.42. The highest BCUT2D eigenvalue weighted by atomic mass is 32.1. The SMILES string of the molecule is CCN(CC)c1ccc(-n2c(C)cc([C@@H]3[C@@H](c4ccccn4)NC(=S)N3c3ccc(NC(=O)C(C)(C)C)c(OC)c3)c2C)cc1. The smallest absolute Gasteiger partial charge is 0.229 e. The van der Waals surface area contributed by atoms with Crippen molar-refractivity contribution in [2.75, 3.05) is 35.3 Å². The van der Waals surface area contributed by atoms with E-state index in [1.165, 1.54) is 5.69 Å². The Labute approximate surface area is 272 Å². The van der Waals surface area contributed by atoms with E-state index in [0.29, 0.717) is 16.5 Å². The number of rotatable bonds is 9. The van der Waals surface area contributed by atoms with Gasteiger partial charge >= 0.3 is 0 Å². The standard InChI is InChI=1S/C36H44N6O2S/c1-9-40(10-2)25-14-16-26(17-15-25)41-23(3)21-28(24(41)4)33-32(30-13-11-12-20-37-30)39-35(45)42(33)27-18-19-29(31(22-27)44-8)38-34(43)36(5,6)7/h11-22,32-33H,9-10H2,1-8H3,(H,38,43)(H,39,45)/t32-,33-/m1/s1. The van der Waals surface area contributed by atoms with E-state index in [1.807, 2.05) is 63.4 Å². The average molecular weight is 625 g/mol. The highest BCUT2D eigenvalue weighted by molar-refractivity contribution is 7.80. The largest absolute Gasteiger partial charge is 0.494 e. The van der Waals surface area contributed by atoms with E-state index >= 15 is 0 Å². The highest BCUT2D eigenvalue weighted by Crippen LogP contribution is 2.45. The van der Waals surface area contributed by atoms with Crippen LogP contribution in [-0.2, 0) is 4.79 Å². The zero-order valence-corrected chi connectivity index (χ0v) is 28.3. The minimum atomic E-state index is -0.542. The topological polar surface area (TPSA) is 74.7 Å². The van der Waals surface area contributed by atoms with Crippen molar-refractivity contribution in [3.8, 4) is 11.4 Å². The van der Waals surface area contributed by atoms with Crippen molar-refractivity contribution < 1.29 is 9.53 Å². The number of hydrogen-bond donors (Lipinski definition) is 2. The van der Waals surface area contributed by atoms with Crippen LogP contribution < -0.4 is 25.2 Å². The third-order valence-corrected chi connectivity index (χ3v) is 8.83. The molecule has 2 aromatic heterocycles. The van der Waals surface area contributed by atoms with Gasteiger partial charge in [0, 0.05) is 59.2 Å². The zero-order chi connectivity index (χ0) is 32.5. The summed E-state index contributed by atoms with van der Waals surface area (Å²) in [5.41, 5.74) is 7.57. The molecule has 1 fully saturated rings. The van der Waals surface area contributed by atoms with Crippen LogP contribution in [0, 0.1) is 19.3 Å². The minimum Gasteiger partial charge on any atom is -0.494 e. The number of aryl methyl sites for hydroxylation is 1. The number of benzene rings is 2. The number of ether oxygens (including phenoxy) is 1. The second-order valence-corrected chi connectivity index (χ2v) is 12.8. The van der Waals surface area contributed by atoms with Gasteiger partial charge in [0.1, 0.15) is 5.75 Å². The second-order valence-electron chi connectivity index (χ2n) is 12.4. The van der Waals surface area contributed by atoms with Crippen LogP contribution >= 0.6 is 12.2 Å². The Kier molecular flexibility index (Phi) is 9.20. The number of aromatic nitrogens is 2.